The SMILES string of the molecule is O=C/C1=C/C2=C/C3=CC=CC=C(/C=C(/C=C(/C=O)C1)C2)C3. The summed E-state index contributed by atoms with van der Waals surface area (Å²) in [5.41, 5.74) is 6.01. The Bertz CT molecular complexity index is 646. The Kier molecular flexibility index (Phi) is 3.78. The number of hydrogen-bond acceptors (Lipinski definition) is 2. The largest absolute Gasteiger partial charge is 0.298 e. The van der Waals surface area contributed by atoms with Gasteiger partial charge in [-0.2, -0.15) is 0 Å². The molecule has 0 heterocycles. The van der Waals surface area contributed by atoms with Crippen LogP contribution in [-0.4, -0.2) is 12.6 Å². The molecule has 3 aliphatic rings. The maximum Gasteiger partial charge on any atom is 0.146 e. The summed E-state index contributed by atoms with van der Waals surface area (Å²) in [6.07, 6.45) is 20.1. The molecule has 0 saturated heterocycles. The minimum absolute atomic E-state index is 0.401. The Morgan fingerprint density at radius 3 is 1.57 bits per heavy atom. The molecule has 0 aromatic heterocycles. The Morgan fingerprint density at radius 1 is 0.619 bits per heavy atom. The summed E-state index contributed by atoms with van der Waals surface area (Å²) in [4.78, 5) is 22.4. The molecule has 0 unspecified atom stereocenters. The molecule has 0 atom stereocenters. The molecule has 0 aromatic carbocycles. The van der Waals surface area contributed by atoms with E-state index in [1.807, 2.05) is 24.3 Å². The summed E-state index contributed by atoms with van der Waals surface area (Å²) in [6.45, 7) is 0. The van der Waals surface area contributed by atoms with E-state index in [0.29, 0.717) is 17.6 Å². The van der Waals surface area contributed by atoms with Crippen molar-refractivity contribution in [3.8, 4) is 0 Å². The van der Waals surface area contributed by atoms with Crippen LogP contribution in [0.15, 0.2) is 82.0 Å². The van der Waals surface area contributed by atoms with E-state index in [-0.39, 0.29) is 0 Å². The average Bonchev–Trinajstić information content (AvgIpc) is 2.67. The summed E-state index contributed by atoms with van der Waals surface area (Å²) in [5.74, 6) is 0. The maximum absolute atomic E-state index is 11.2. The number of allylic oxidation sites excluding steroid dienone is 14. The zero-order chi connectivity index (χ0) is 14.7. The van der Waals surface area contributed by atoms with Crippen LogP contribution in [0.4, 0.5) is 0 Å². The molecule has 2 nitrogen and oxygen atoms in total. The van der Waals surface area contributed by atoms with Crippen LogP contribution in [0.5, 0.6) is 0 Å². The van der Waals surface area contributed by atoms with Crippen LogP contribution < -0.4 is 0 Å². The second-order valence-electron chi connectivity index (χ2n) is 5.51. The van der Waals surface area contributed by atoms with Crippen LogP contribution in [0.25, 0.3) is 0 Å². The lowest BCUT2D eigenvalue weighted by atomic mass is 9.88. The number of hydrogen-bond donors (Lipinski definition) is 0. The van der Waals surface area contributed by atoms with Crippen molar-refractivity contribution >= 4 is 12.6 Å². The van der Waals surface area contributed by atoms with Crippen molar-refractivity contribution in [3.05, 3.63) is 82.0 Å². The van der Waals surface area contributed by atoms with Gasteiger partial charge in [0, 0.05) is 6.42 Å². The monoisotopic (exact) mass is 276 g/mol. The first-order valence-corrected chi connectivity index (χ1v) is 7.06. The molecule has 0 spiro atoms. The highest BCUT2D eigenvalue weighted by atomic mass is 16.1. The summed E-state index contributed by atoms with van der Waals surface area (Å²) < 4.78 is 0. The van der Waals surface area contributed by atoms with Gasteiger partial charge in [0.15, 0.2) is 0 Å². The molecule has 104 valence electrons. The second-order valence-corrected chi connectivity index (χ2v) is 5.51. The Labute approximate surface area is 124 Å². The Balaban J connectivity index is 2.15. The van der Waals surface area contributed by atoms with E-state index in [1.165, 1.54) is 11.1 Å². The van der Waals surface area contributed by atoms with Gasteiger partial charge in [-0.1, -0.05) is 48.6 Å². The molecule has 21 heavy (non-hydrogen) atoms. The molecule has 3 rings (SSSR count). The van der Waals surface area contributed by atoms with Crippen molar-refractivity contribution in [2.75, 3.05) is 0 Å². The summed E-state index contributed by atoms with van der Waals surface area (Å²) in [5, 5.41) is 0. The third-order valence-corrected chi connectivity index (χ3v) is 3.74. The third-order valence-electron chi connectivity index (χ3n) is 3.74. The van der Waals surface area contributed by atoms with Gasteiger partial charge < -0.3 is 0 Å². The Morgan fingerprint density at radius 2 is 1.10 bits per heavy atom. The number of carbonyl (C=O) groups excluding carboxylic acids is 2. The normalized spacial score (nSPS) is 30.7. The predicted octanol–water partition coefficient (Wildman–Crippen LogP) is 3.71. The fourth-order valence-corrected chi connectivity index (χ4v) is 2.87. The molecule has 2 heteroatoms. The zero-order valence-corrected chi connectivity index (χ0v) is 11.7. The van der Waals surface area contributed by atoms with E-state index >= 15 is 0 Å². The van der Waals surface area contributed by atoms with Gasteiger partial charge in [-0.05, 0) is 46.3 Å². The number of fused-ring (bicyclic) bond motifs is 4. The van der Waals surface area contributed by atoms with Gasteiger partial charge in [-0.15, -0.1) is 0 Å². The van der Waals surface area contributed by atoms with Gasteiger partial charge in [0.05, 0.1) is 0 Å². The van der Waals surface area contributed by atoms with Crippen molar-refractivity contribution in [2.24, 2.45) is 0 Å². The molecular weight excluding hydrogens is 260 g/mol. The highest BCUT2D eigenvalue weighted by molar-refractivity contribution is 5.82. The first kappa shape index (κ1) is 13.5. The van der Waals surface area contributed by atoms with E-state index in [2.05, 4.69) is 24.3 Å². The molecule has 0 radical (unpaired) electrons. The van der Waals surface area contributed by atoms with E-state index < -0.39 is 0 Å². The van der Waals surface area contributed by atoms with E-state index in [9.17, 15) is 9.59 Å². The molecule has 0 aromatic rings. The van der Waals surface area contributed by atoms with Crippen molar-refractivity contribution in [3.63, 3.8) is 0 Å². The van der Waals surface area contributed by atoms with Crippen LogP contribution in [-0.2, 0) is 9.59 Å². The first-order chi connectivity index (χ1) is 10.3. The van der Waals surface area contributed by atoms with Crippen LogP contribution in [0.1, 0.15) is 19.3 Å². The summed E-state index contributed by atoms with van der Waals surface area (Å²) >= 11 is 0. The average molecular weight is 276 g/mol. The van der Waals surface area contributed by atoms with Crippen molar-refractivity contribution in [1.82, 2.24) is 0 Å². The molecule has 0 amide bonds. The van der Waals surface area contributed by atoms with Gasteiger partial charge in [0.1, 0.15) is 12.6 Å². The lowest BCUT2D eigenvalue weighted by Gasteiger charge is -2.16. The quantitative estimate of drug-likeness (QED) is 0.720. The van der Waals surface area contributed by atoms with Gasteiger partial charge >= 0.3 is 0 Å². The zero-order valence-electron chi connectivity index (χ0n) is 11.7. The first-order valence-electron chi connectivity index (χ1n) is 7.06. The minimum Gasteiger partial charge on any atom is -0.298 e. The fourth-order valence-electron chi connectivity index (χ4n) is 2.87. The lowest BCUT2D eigenvalue weighted by Crippen LogP contribution is -2.01. The molecule has 0 fully saturated rings. The van der Waals surface area contributed by atoms with Gasteiger partial charge in [-0.25, -0.2) is 0 Å². The van der Waals surface area contributed by atoms with E-state index in [1.54, 1.807) is 0 Å². The molecule has 0 aliphatic heterocycles. The maximum atomic E-state index is 11.2. The second kappa shape index (κ2) is 5.88. The number of carbonyl (C=O) groups is 2. The number of rotatable bonds is 2. The standard InChI is InChI=1S/C19H16O2/c20-12-18-9-16-6-14-3-1-2-4-15(5-14)7-17(8-16)10-19(11-18)13-21/h1-4,6-7,9-10,12-13H,5,8,11H2/b16-6+,17-7+,18-9+,19-10+. The molecule has 0 saturated carbocycles. The highest BCUT2D eigenvalue weighted by Crippen LogP contribution is 2.30. The predicted molar refractivity (Wildman–Crippen MR) is 83.6 cm³/mol. The smallest absolute Gasteiger partial charge is 0.146 e. The summed E-state index contributed by atoms with van der Waals surface area (Å²) in [7, 11) is 0. The van der Waals surface area contributed by atoms with E-state index in [0.717, 1.165) is 36.6 Å². The molecule has 3 aliphatic carbocycles. The van der Waals surface area contributed by atoms with Gasteiger partial charge in [0.25, 0.3) is 0 Å². The third kappa shape index (κ3) is 3.16. The molecular formula is C19H16O2. The molecule has 0 N–H and O–H groups in total. The highest BCUT2D eigenvalue weighted by Gasteiger charge is 2.13. The minimum atomic E-state index is 0.401. The Hall–Kier alpha value is -2.48. The van der Waals surface area contributed by atoms with Crippen LogP contribution in [0.2, 0.25) is 0 Å². The van der Waals surface area contributed by atoms with Crippen molar-refractivity contribution < 1.29 is 9.59 Å². The topological polar surface area (TPSA) is 34.1 Å². The summed E-state index contributed by atoms with van der Waals surface area (Å²) in [6, 6.07) is 0. The van der Waals surface area contributed by atoms with Crippen LogP contribution in [0.3, 0.4) is 0 Å². The molecule has 4 bridgehead atoms. The van der Waals surface area contributed by atoms with Crippen molar-refractivity contribution in [2.45, 2.75) is 19.3 Å². The van der Waals surface area contributed by atoms with Crippen molar-refractivity contribution in [1.29, 1.82) is 0 Å². The van der Waals surface area contributed by atoms with Gasteiger partial charge in [0.2, 0.25) is 0 Å². The van der Waals surface area contributed by atoms with Crippen LogP contribution >= 0.6 is 0 Å². The van der Waals surface area contributed by atoms with Crippen LogP contribution in [0, 0.1) is 0 Å². The lowest BCUT2D eigenvalue weighted by molar-refractivity contribution is -0.105. The van der Waals surface area contributed by atoms with Gasteiger partial charge in [-0.3, -0.25) is 9.59 Å². The van der Waals surface area contributed by atoms with E-state index in [4.69, 9.17) is 0 Å². The number of aldehydes is 2. The fraction of sp³-hybridized carbons (Fsp3) is 0.158.